The van der Waals surface area contributed by atoms with Gasteiger partial charge in [0.25, 0.3) is 0 Å². The molecule has 0 radical (unpaired) electrons. The van der Waals surface area contributed by atoms with Gasteiger partial charge in [-0.1, -0.05) is 41.9 Å². The number of para-hydroxylation sites is 1. The summed E-state index contributed by atoms with van der Waals surface area (Å²) in [4.78, 5) is 22.5. The summed E-state index contributed by atoms with van der Waals surface area (Å²) in [5, 5.41) is 0.726. The number of hydrogen-bond donors (Lipinski definition) is 0. The number of piperazine rings is 1. The number of aryl methyl sites for hydroxylation is 1. The minimum Gasteiger partial charge on any atom is -0.496 e. The molecule has 1 aliphatic heterocycles. The zero-order valence-electron chi connectivity index (χ0n) is 20.0. The molecule has 180 valence electrons. The van der Waals surface area contributed by atoms with Gasteiger partial charge in [0.2, 0.25) is 5.91 Å². The summed E-state index contributed by atoms with van der Waals surface area (Å²) in [7, 11) is 1.67. The van der Waals surface area contributed by atoms with Crippen molar-refractivity contribution in [3.63, 3.8) is 0 Å². The van der Waals surface area contributed by atoms with E-state index in [1.807, 2.05) is 65.8 Å². The molecule has 0 spiro atoms. The number of fused-ring (bicyclic) bond motifs is 1. The van der Waals surface area contributed by atoms with Crippen LogP contribution in [0.25, 0.3) is 5.65 Å². The quantitative estimate of drug-likeness (QED) is 0.375. The second-order valence-corrected chi connectivity index (χ2v) is 9.35. The number of benzene rings is 2. The second-order valence-electron chi connectivity index (χ2n) is 8.91. The van der Waals surface area contributed by atoms with Gasteiger partial charge >= 0.3 is 0 Å². The fourth-order valence-electron chi connectivity index (χ4n) is 4.95. The molecular formula is C28H29ClN4O2. The molecule has 6 nitrogen and oxygen atoms in total. The number of pyridine rings is 1. The van der Waals surface area contributed by atoms with Gasteiger partial charge in [-0.25, -0.2) is 4.98 Å². The number of carbonyl (C=O) groups is 1. The minimum atomic E-state index is -0.179. The molecule has 5 rings (SSSR count). The molecule has 1 atom stereocenters. The summed E-state index contributed by atoms with van der Waals surface area (Å²) in [5.74, 6) is 0.731. The summed E-state index contributed by atoms with van der Waals surface area (Å²) in [5.41, 5.74) is 5.08. The molecule has 0 saturated carbocycles. The molecule has 0 bridgehead atoms. The number of aromatic nitrogens is 2. The molecular weight excluding hydrogens is 460 g/mol. The number of nitrogens with zero attached hydrogens (tertiary/aromatic N) is 4. The van der Waals surface area contributed by atoms with Crippen LogP contribution >= 0.6 is 11.6 Å². The van der Waals surface area contributed by atoms with Gasteiger partial charge in [-0.3, -0.25) is 4.79 Å². The average molecular weight is 489 g/mol. The highest BCUT2D eigenvalue weighted by Crippen LogP contribution is 2.35. The van der Waals surface area contributed by atoms with Gasteiger partial charge in [0.1, 0.15) is 11.4 Å². The van der Waals surface area contributed by atoms with E-state index < -0.39 is 0 Å². The lowest BCUT2D eigenvalue weighted by molar-refractivity contribution is -0.131. The highest BCUT2D eigenvalue weighted by Gasteiger charge is 2.29. The molecule has 1 fully saturated rings. The maximum atomic E-state index is 13.6. The fraction of sp³-hybridized carbons (Fsp3) is 0.286. The maximum absolute atomic E-state index is 13.6. The Morgan fingerprint density at radius 2 is 1.86 bits per heavy atom. The second kappa shape index (κ2) is 10.0. The number of ether oxygens (including phenoxy) is 1. The lowest BCUT2D eigenvalue weighted by Crippen LogP contribution is -2.49. The monoisotopic (exact) mass is 488 g/mol. The van der Waals surface area contributed by atoms with Crippen molar-refractivity contribution in [2.75, 3.05) is 38.2 Å². The summed E-state index contributed by atoms with van der Waals surface area (Å²) in [6, 6.07) is 19.9. The van der Waals surface area contributed by atoms with Crippen molar-refractivity contribution in [3.05, 3.63) is 94.9 Å². The number of imidazole rings is 1. The molecule has 7 heteroatoms. The minimum absolute atomic E-state index is 0.134. The van der Waals surface area contributed by atoms with Crippen LogP contribution in [0.4, 0.5) is 5.69 Å². The van der Waals surface area contributed by atoms with Crippen molar-refractivity contribution in [1.29, 1.82) is 0 Å². The molecule has 0 N–H and O–H groups in total. The maximum Gasteiger partial charge on any atom is 0.223 e. The largest absolute Gasteiger partial charge is 0.496 e. The fourth-order valence-corrected chi connectivity index (χ4v) is 5.13. The Bertz CT molecular complexity index is 1340. The average Bonchev–Trinajstić information content (AvgIpc) is 3.32. The molecule has 1 amide bonds. The lowest BCUT2D eigenvalue weighted by Gasteiger charge is -2.36. The Morgan fingerprint density at radius 3 is 2.63 bits per heavy atom. The Kier molecular flexibility index (Phi) is 6.64. The molecule has 2 aromatic heterocycles. The molecule has 2 aromatic carbocycles. The van der Waals surface area contributed by atoms with Crippen molar-refractivity contribution in [2.45, 2.75) is 19.3 Å². The van der Waals surface area contributed by atoms with E-state index in [2.05, 4.69) is 33.3 Å². The van der Waals surface area contributed by atoms with Gasteiger partial charge in [0.15, 0.2) is 0 Å². The first-order valence-corrected chi connectivity index (χ1v) is 12.3. The van der Waals surface area contributed by atoms with Crippen molar-refractivity contribution in [1.82, 2.24) is 14.3 Å². The van der Waals surface area contributed by atoms with Gasteiger partial charge in [0.05, 0.1) is 12.8 Å². The number of methoxy groups -OCH3 is 1. The van der Waals surface area contributed by atoms with Gasteiger partial charge < -0.3 is 18.9 Å². The van der Waals surface area contributed by atoms with Gasteiger partial charge in [-0.05, 0) is 42.8 Å². The van der Waals surface area contributed by atoms with E-state index in [9.17, 15) is 4.79 Å². The van der Waals surface area contributed by atoms with Crippen LogP contribution in [0.1, 0.15) is 29.2 Å². The van der Waals surface area contributed by atoms with Crippen LogP contribution in [0.3, 0.4) is 0 Å². The molecule has 1 unspecified atom stereocenters. The third-order valence-corrected chi connectivity index (χ3v) is 7.05. The third-order valence-electron chi connectivity index (χ3n) is 6.82. The van der Waals surface area contributed by atoms with E-state index in [0.717, 1.165) is 52.0 Å². The van der Waals surface area contributed by atoms with Crippen LogP contribution in [0.5, 0.6) is 5.75 Å². The molecule has 1 saturated heterocycles. The first kappa shape index (κ1) is 23.2. The van der Waals surface area contributed by atoms with Crippen molar-refractivity contribution < 1.29 is 9.53 Å². The van der Waals surface area contributed by atoms with E-state index >= 15 is 0 Å². The van der Waals surface area contributed by atoms with Crippen LogP contribution in [0, 0.1) is 6.92 Å². The van der Waals surface area contributed by atoms with Crippen LogP contribution in [-0.4, -0.2) is 53.5 Å². The predicted molar refractivity (Wildman–Crippen MR) is 140 cm³/mol. The highest BCUT2D eigenvalue weighted by molar-refractivity contribution is 6.30. The summed E-state index contributed by atoms with van der Waals surface area (Å²) < 4.78 is 7.78. The van der Waals surface area contributed by atoms with Gasteiger partial charge in [-0.15, -0.1) is 0 Å². The van der Waals surface area contributed by atoms with Crippen molar-refractivity contribution in [2.24, 2.45) is 0 Å². The van der Waals surface area contributed by atoms with E-state index in [1.165, 1.54) is 0 Å². The lowest BCUT2D eigenvalue weighted by atomic mass is 9.91. The van der Waals surface area contributed by atoms with E-state index in [-0.39, 0.29) is 11.8 Å². The number of hydrogen-bond acceptors (Lipinski definition) is 4. The standard InChI is InChI=1S/C28H29ClN4O2/c1-20-7-6-12-33-25(19-30-28(20)33)24(23-10-3-4-11-26(23)35-2)18-27(34)32-15-13-31(14-16-32)22-9-5-8-21(29)17-22/h3-12,17,19,24H,13-16,18H2,1-2H3. The normalized spacial score (nSPS) is 14.8. The Balaban J connectivity index is 1.40. The van der Waals surface area contributed by atoms with Gasteiger partial charge in [0, 0.05) is 67.2 Å². The zero-order valence-corrected chi connectivity index (χ0v) is 20.8. The molecule has 4 aromatic rings. The van der Waals surface area contributed by atoms with Crippen LogP contribution in [0.2, 0.25) is 5.02 Å². The number of halogens is 1. The van der Waals surface area contributed by atoms with Crippen molar-refractivity contribution in [3.8, 4) is 5.75 Å². The van der Waals surface area contributed by atoms with Gasteiger partial charge in [-0.2, -0.15) is 0 Å². The smallest absolute Gasteiger partial charge is 0.223 e. The van der Waals surface area contributed by atoms with E-state index in [0.29, 0.717) is 19.5 Å². The number of carbonyl (C=O) groups excluding carboxylic acids is 1. The van der Waals surface area contributed by atoms with Crippen molar-refractivity contribution >= 4 is 28.8 Å². The first-order chi connectivity index (χ1) is 17.0. The number of amides is 1. The SMILES string of the molecule is COc1ccccc1C(CC(=O)N1CCN(c2cccc(Cl)c2)CC1)c1cnc2c(C)cccn12. The molecule has 3 heterocycles. The molecule has 35 heavy (non-hydrogen) atoms. The Hall–Kier alpha value is -3.51. The summed E-state index contributed by atoms with van der Waals surface area (Å²) >= 11 is 6.17. The van der Waals surface area contributed by atoms with Crippen LogP contribution in [-0.2, 0) is 4.79 Å². The Morgan fingerprint density at radius 1 is 1.06 bits per heavy atom. The van der Waals surface area contributed by atoms with Crippen LogP contribution in [0.15, 0.2) is 73.1 Å². The summed E-state index contributed by atoms with van der Waals surface area (Å²) in [6.45, 7) is 4.96. The third kappa shape index (κ3) is 4.71. The predicted octanol–water partition coefficient (Wildman–Crippen LogP) is 5.18. The topological polar surface area (TPSA) is 50.1 Å². The zero-order chi connectivity index (χ0) is 24.4. The van der Waals surface area contributed by atoms with E-state index in [4.69, 9.17) is 16.3 Å². The number of anilines is 1. The van der Waals surface area contributed by atoms with E-state index in [1.54, 1.807) is 7.11 Å². The highest BCUT2D eigenvalue weighted by atomic mass is 35.5. The summed E-state index contributed by atoms with van der Waals surface area (Å²) in [6.07, 6.45) is 4.25. The first-order valence-electron chi connectivity index (χ1n) is 11.9. The molecule has 1 aliphatic rings. The molecule has 0 aliphatic carbocycles. The number of rotatable bonds is 6. The Labute approximate surface area is 210 Å². The van der Waals surface area contributed by atoms with Crippen LogP contribution < -0.4 is 9.64 Å².